The van der Waals surface area contributed by atoms with Crippen molar-refractivity contribution in [3.05, 3.63) is 144 Å². The molecule has 280 valence electrons. The Morgan fingerprint density at radius 3 is 1.34 bits per heavy atom. The van der Waals surface area contributed by atoms with Crippen LogP contribution in [0.3, 0.4) is 0 Å². The number of aliphatic hydroxyl groups excluding tert-OH is 1. The highest BCUT2D eigenvalue weighted by molar-refractivity contribution is 6.67. The maximum absolute atomic E-state index is 11.9. The van der Waals surface area contributed by atoms with Crippen LogP contribution in [0.25, 0.3) is 0 Å². The zero-order chi connectivity index (χ0) is 38.8. The van der Waals surface area contributed by atoms with Crippen LogP contribution in [-0.2, 0) is 37.0 Å². The number of benzene rings is 4. The van der Waals surface area contributed by atoms with E-state index in [2.05, 4.69) is 10.6 Å². The third-order valence-corrected chi connectivity index (χ3v) is 6.83. The zero-order valence-electron chi connectivity index (χ0n) is 28.3. The first-order chi connectivity index (χ1) is 25.5. The molecule has 2 amide bonds. The van der Waals surface area contributed by atoms with E-state index in [0.717, 1.165) is 11.1 Å². The first kappa shape index (κ1) is 42.9. The Hall–Kier alpha value is -6.25. The van der Waals surface area contributed by atoms with Gasteiger partial charge in [0.1, 0.15) is 13.2 Å². The topological polar surface area (TPSA) is 215 Å². The van der Waals surface area contributed by atoms with Crippen LogP contribution in [0.5, 0.6) is 0 Å². The molecule has 2 atom stereocenters. The minimum atomic E-state index is -1.47. The van der Waals surface area contributed by atoms with Gasteiger partial charge in [0.2, 0.25) is 6.10 Å². The summed E-state index contributed by atoms with van der Waals surface area (Å²) in [5, 5.41) is 30.9. The molecule has 0 aromatic heterocycles. The second kappa shape index (κ2) is 24.8. The van der Waals surface area contributed by atoms with Crippen molar-refractivity contribution in [3.63, 3.8) is 0 Å². The fourth-order valence-electron chi connectivity index (χ4n) is 3.86. The lowest BCUT2D eigenvalue weighted by Gasteiger charge is -2.14. The van der Waals surface area contributed by atoms with Crippen LogP contribution < -0.4 is 10.6 Å². The van der Waals surface area contributed by atoms with Gasteiger partial charge < -0.3 is 40.2 Å². The molecule has 53 heavy (non-hydrogen) atoms. The molecule has 0 saturated heterocycles. The van der Waals surface area contributed by atoms with Gasteiger partial charge in [0.25, 0.3) is 5.24 Å². The molecule has 4 aromatic carbocycles. The highest BCUT2D eigenvalue weighted by Crippen LogP contribution is 2.07. The fourth-order valence-corrected chi connectivity index (χ4v) is 3.99. The van der Waals surface area contributed by atoms with E-state index in [4.69, 9.17) is 41.1 Å². The Bertz CT molecular complexity index is 1710. The number of carboxylic acids is 2. The summed E-state index contributed by atoms with van der Waals surface area (Å²) in [6.07, 6.45) is -4.29. The SMILES string of the molecule is O=C(Cl)c1ccccc1.O=C(NCC[C@H](O)C(=O)O)OCc1ccccc1.O=C(NCC[C@H](OC(=O)c1ccccc1)C(=O)O)OCc1ccccc1. The molecule has 0 aliphatic rings. The van der Waals surface area contributed by atoms with Gasteiger partial charge in [-0.05, 0) is 34.9 Å². The van der Waals surface area contributed by atoms with Crippen molar-refractivity contribution in [1.29, 1.82) is 0 Å². The minimum absolute atomic E-state index is 0.00728. The summed E-state index contributed by atoms with van der Waals surface area (Å²) in [7, 11) is 0. The van der Waals surface area contributed by atoms with E-state index >= 15 is 0 Å². The number of alkyl carbamates (subject to hydrolysis) is 2. The van der Waals surface area contributed by atoms with Crippen LogP contribution in [-0.4, -0.2) is 76.0 Å². The van der Waals surface area contributed by atoms with Crippen molar-refractivity contribution in [2.75, 3.05) is 13.1 Å². The van der Waals surface area contributed by atoms with Gasteiger partial charge in [-0.1, -0.05) is 109 Å². The van der Waals surface area contributed by atoms with Gasteiger partial charge in [-0.25, -0.2) is 24.0 Å². The molecule has 4 rings (SSSR count). The number of aliphatic hydroxyl groups is 1. The first-order valence-electron chi connectivity index (χ1n) is 16.0. The van der Waals surface area contributed by atoms with Crippen molar-refractivity contribution in [1.82, 2.24) is 10.6 Å². The zero-order valence-corrected chi connectivity index (χ0v) is 29.1. The number of hydrogen-bond donors (Lipinski definition) is 5. The van der Waals surface area contributed by atoms with Crippen LogP contribution in [0.4, 0.5) is 9.59 Å². The highest BCUT2D eigenvalue weighted by atomic mass is 35.5. The highest BCUT2D eigenvalue weighted by Gasteiger charge is 2.23. The Morgan fingerprint density at radius 1 is 0.566 bits per heavy atom. The Balaban J connectivity index is 0.000000309. The number of carbonyl (C=O) groups is 6. The van der Waals surface area contributed by atoms with E-state index in [0.29, 0.717) is 5.56 Å². The van der Waals surface area contributed by atoms with Gasteiger partial charge >= 0.3 is 30.1 Å². The van der Waals surface area contributed by atoms with Gasteiger partial charge in [0.05, 0.1) is 5.56 Å². The molecule has 5 N–H and O–H groups in total. The summed E-state index contributed by atoms with van der Waals surface area (Å²) in [6.45, 7) is 0.292. The number of rotatable bonds is 15. The summed E-state index contributed by atoms with van der Waals surface area (Å²) in [5.74, 6) is -3.33. The normalized spacial score (nSPS) is 11.0. The number of halogens is 1. The molecule has 0 unspecified atom stereocenters. The second-order valence-electron chi connectivity index (χ2n) is 10.6. The van der Waals surface area contributed by atoms with Gasteiger partial charge in [-0.15, -0.1) is 0 Å². The van der Waals surface area contributed by atoms with E-state index in [1.165, 1.54) is 12.1 Å². The van der Waals surface area contributed by atoms with E-state index in [9.17, 15) is 28.8 Å². The molecule has 0 aliphatic carbocycles. The first-order valence-corrected chi connectivity index (χ1v) is 16.4. The molecule has 0 bridgehead atoms. The third-order valence-electron chi connectivity index (χ3n) is 6.61. The fraction of sp³-hybridized carbons (Fsp3) is 0.211. The number of hydrogen-bond acceptors (Lipinski definition) is 10. The van der Waals surface area contributed by atoms with Crippen molar-refractivity contribution in [2.45, 2.75) is 38.3 Å². The van der Waals surface area contributed by atoms with Gasteiger partial charge in [-0.3, -0.25) is 4.79 Å². The summed E-state index contributed by atoms with van der Waals surface area (Å²) < 4.78 is 14.9. The van der Waals surface area contributed by atoms with Crippen LogP contribution >= 0.6 is 11.6 Å². The van der Waals surface area contributed by atoms with Crippen LogP contribution in [0, 0.1) is 0 Å². The van der Waals surface area contributed by atoms with Crippen molar-refractivity contribution in [3.8, 4) is 0 Å². The van der Waals surface area contributed by atoms with Crippen molar-refractivity contribution in [2.24, 2.45) is 0 Å². The molecule has 14 nitrogen and oxygen atoms in total. The molecule has 15 heteroatoms. The maximum Gasteiger partial charge on any atom is 0.407 e. The van der Waals surface area contributed by atoms with E-state index in [1.54, 1.807) is 42.5 Å². The van der Waals surface area contributed by atoms with E-state index in [-0.39, 0.29) is 44.7 Å². The average Bonchev–Trinajstić information content (AvgIpc) is 3.17. The standard InChI is InChI=1S/C19H19NO6.C12H15NO5.C7H5ClO/c21-17(22)16(26-18(23)15-9-5-2-6-10-15)11-12-20-19(24)25-13-14-7-3-1-4-8-14;14-10(11(15)16)6-7-13-12(17)18-8-9-4-2-1-3-5-9;8-7(9)6-4-2-1-3-5-6/h1-10,16H,11-13H2,(H,20,24)(H,21,22);1-5,10,14H,6-8H2,(H,13,17)(H,15,16);1-5H/t16-;10-;/m00./s1. The number of ether oxygens (including phenoxy) is 3. The van der Waals surface area contributed by atoms with Crippen LogP contribution in [0.2, 0.25) is 0 Å². The van der Waals surface area contributed by atoms with Gasteiger partial charge in [0.15, 0.2) is 6.10 Å². The number of carbonyl (C=O) groups excluding carboxylic acids is 4. The molecule has 0 heterocycles. The molecule has 0 radical (unpaired) electrons. The molecular formula is C38H39ClN2O12. The number of nitrogens with one attached hydrogen (secondary N) is 2. The molecule has 0 fully saturated rings. The third kappa shape index (κ3) is 19.1. The number of amides is 2. The maximum atomic E-state index is 11.9. The Kier molecular flexibility index (Phi) is 20.1. The quantitative estimate of drug-likeness (QED) is 0.0585. The monoisotopic (exact) mass is 750 g/mol. The lowest BCUT2D eigenvalue weighted by molar-refractivity contribution is -0.147. The summed E-state index contributed by atoms with van der Waals surface area (Å²) in [5.41, 5.74) is 2.49. The lowest BCUT2D eigenvalue weighted by atomic mass is 10.2. The van der Waals surface area contributed by atoms with E-state index in [1.807, 2.05) is 66.7 Å². The van der Waals surface area contributed by atoms with Crippen molar-refractivity contribution < 1.29 is 58.3 Å². The number of aliphatic carboxylic acids is 2. The Labute approximate surface area is 310 Å². The predicted octanol–water partition coefficient (Wildman–Crippen LogP) is 5.43. The minimum Gasteiger partial charge on any atom is -0.479 e. The van der Waals surface area contributed by atoms with Gasteiger partial charge in [-0.2, -0.15) is 0 Å². The average molecular weight is 751 g/mol. The largest absolute Gasteiger partial charge is 0.479 e. The molecule has 0 spiro atoms. The number of esters is 1. The molecule has 4 aromatic rings. The lowest BCUT2D eigenvalue weighted by Crippen LogP contribution is -2.33. The molecule has 0 aliphatic heterocycles. The summed E-state index contributed by atoms with van der Waals surface area (Å²) in [4.78, 5) is 66.7. The van der Waals surface area contributed by atoms with E-state index < -0.39 is 47.5 Å². The van der Waals surface area contributed by atoms with Crippen molar-refractivity contribution >= 4 is 46.9 Å². The van der Waals surface area contributed by atoms with Gasteiger partial charge in [0, 0.05) is 31.5 Å². The number of carboxylic acid groups (broad SMARTS) is 2. The van der Waals surface area contributed by atoms with Crippen LogP contribution in [0.1, 0.15) is 44.7 Å². The summed E-state index contributed by atoms with van der Waals surface area (Å²) in [6, 6.07) is 35.1. The second-order valence-corrected chi connectivity index (χ2v) is 11.0. The summed E-state index contributed by atoms with van der Waals surface area (Å²) >= 11 is 5.16. The molecular weight excluding hydrogens is 712 g/mol. The smallest absolute Gasteiger partial charge is 0.407 e. The predicted molar refractivity (Wildman–Crippen MR) is 192 cm³/mol. The Morgan fingerprint density at radius 2 is 0.962 bits per heavy atom. The molecule has 0 saturated carbocycles. The van der Waals surface area contributed by atoms with Crippen LogP contribution in [0.15, 0.2) is 121 Å².